The lowest BCUT2D eigenvalue weighted by molar-refractivity contribution is -0.150. The Balaban J connectivity index is 2.32. The molecule has 0 saturated carbocycles. The minimum absolute atomic E-state index is 0.219. The van der Waals surface area contributed by atoms with Gasteiger partial charge < -0.3 is 19.3 Å². The first-order valence-electron chi connectivity index (χ1n) is 7.92. The predicted octanol–water partition coefficient (Wildman–Crippen LogP) is 3.65. The predicted molar refractivity (Wildman–Crippen MR) is 97.1 cm³/mol. The van der Waals surface area contributed by atoms with Crippen LogP contribution in [0.15, 0.2) is 12.1 Å². The molecule has 0 spiro atoms. The van der Waals surface area contributed by atoms with Crippen LogP contribution in [0.4, 0.5) is 0 Å². The van der Waals surface area contributed by atoms with Crippen molar-refractivity contribution >= 4 is 29.2 Å². The van der Waals surface area contributed by atoms with E-state index in [1.165, 1.54) is 16.8 Å². The summed E-state index contributed by atoms with van der Waals surface area (Å²) < 4.78 is 17.8. The standard InChI is InChI=1S/C17H20Cl2N2O5/c1-5-24-17(23)10(3)25-14-7-15(13(19)6-12(14)18)26-16-11(8-22)9(2)20-21(16)4/h6-7,10,22H,5,8H2,1-4H3. The number of aryl methyl sites for hydroxylation is 2. The Morgan fingerprint density at radius 2 is 1.96 bits per heavy atom. The molecule has 0 amide bonds. The van der Waals surface area contributed by atoms with E-state index in [0.717, 1.165) is 0 Å². The van der Waals surface area contributed by atoms with Crippen molar-refractivity contribution in [3.63, 3.8) is 0 Å². The molecule has 0 fully saturated rings. The number of hydrogen-bond acceptors (Lipinski definition) is 6. The Morgan fingerprint density at radius 3 is 2.58 bits per heavy atom. The van der Waals surface area contributed by atoms with Crippen molar-refractivity contribution in [1.82, 2.24) is 9.78 Å². The van der Waals surface area contributed by atoms with Gasteiger partial charge in [0.1, 0.15) is 5.75 Å². The summed E-state index contributed by atoms with van der Waals surface area (Å²) in [5.41, 5.74) is 1.18. The van der Waals surface area contributed by atoms with Crippen LogP contribution in [0.25, 0.3) is 0 Å². The summed E-state index contributed by atoms with van der Waals surface area (Å²) in [5, 5.41) is 14.2. The minimum Gasteiger partial charge on any atom is -0.477 e. The van der Waals surface area contributed by atoms with Crippen LogP contribution >= 0.6 is 23.2 Å². The average Bonchev–Trinajstić information content (AvgIpc) is 2.84. The monoisotopic (exact) mass is 402 g/mol. The van der Waals surface area contributed by atoms with Gasteiger partial charge in [0.2, 0.25) is 5.88 Å². The molecule has 1 aromatic carbocycles. The minimum atomic E-state index is -0.853. The molecule has 1 unspecified atom stereocenters. The summed E-state index contributed by atoms with van der Waals surface area (Å²) in [6, 6.07) is 2.93. The van der Waals surface area contributed by atoms with Crippen molar-refractivity contribution < 1.29 is 24.1 Å². The number of rotatable bonds is 7. The van der Waals surface area contributed by atoms with Crippen molar-refractivity contribution in [1.29, 1.82) is 0 Å². The second-order valence-electron chi connectivity index (χ2n) is 5.48. The molecule has 142 valence electrons. The van der Waals surface area contributed by atoms with E-state index in [9.17, 15) is 9.90 Å². The normalized spacial score (nSPS) is 12.0. The Bertz CT molecular complexity index is 807. The van der Waals surface area contributed by atoms with Crippen molar-refractivity contribution in [2.45, 2.75) is 33.5 Å². The first kappa shape index (κ1) is 20.4. The van der Waals surface area contributed by atoms with Crippen molar-refractivity contribution in [3.8, 4) is 17.4 Å². The van der Waals surface area contributed by atoms with E-state index in [1.54, 1.807) is 27.8 Å². The maximum Gasteiger partial charge on any atom is 0.347 e. The average molecular weight is 403 g/mol. The third-order valence-corrected chi connectivity index (χ3v) is 4.15. The zero-order valence-electron chi connectivity index (χ0n) is 14.9. The number of aliphatic hydroxyl groups excluding tert-OH is 1. The number of benzene rings is 1. The van der Waals surface area contributed by atoms with Gasteiger partial charge in [0.25, 0.3) is 0 Å². The van der Waals surface area contributed by atoms with Crippen LogP contribution < -0.4 is 9.47 Å². The van der Waals surface area contributed by atoms with Crippen molar-refractivity contribution in [2.75, 3.05) is 6.61 Å². The molecule has 2 rings (SSSR count). The van der Waals surface area contributed by atoms with E-state index >= 15 is 0 Å². The van der Waals surface area contributed by atoms with Crippen LogP contribution in [0.5, 0.6) is 17.4 Å². The van der Waals surface area contributed by atoms with Crippen LogP contribution in [0.2, 0.25) is 10.0 Å². The lowest BCUT2D eigenvalue weighted by Crippen LogP contribution is -2.26. The number of ether oxygens (including phenoxy) is 3. The topological polar surface area (TPSA) is 82.8 Å². The third-order valence-electron chi connectivity index (χ3n) is 3.56. The van der Waals surface area contributed by atoms with Crippen LogP contribution in [-0.2, 0) is 23.2 Å². The van der Waals surface area contributed by atoms with Gasteiger partial charge in [-0.2, -0.15) is 5.10 Å². The Hall–Kier alpha value is -1.96. The van der Waals surface area contributed by atoms with Gasteiger partial charge in [0, 0.05) is 13.1 Å². The third kappa shape index (κ3) is 4.41. The molecule has 26 heavy (non-hydrogen) atoms. The Labute approximate surface area is 161 Å². The van der Waals surface area contributed by atoms with Gasteiger partial charge in [-0.3, -0.25) is 0 Å². The summed E-state index contributed by atoms with van der Waals surface area (Å²) in [7, 11) is 1.69. The van der Waals surface area contributed by atoms with Crippen LogP contribution in [0.1, 0.15) is 25.1 Å². The maximum atomic E-state index is 11.7. The Kier molecular flexibility index (Phi) is 6.75. The van der Waals surface area contributed by atoms with Gasteiger partial charge in [0.05, 0.1) is 34.5 Å². The first-order chi connectivity index (χ1) is 12.3. The molecule has 2 aromatic rings. The highest BCUT2D eigenvalue weighted by Gasteiger charge is 2.21. The quantitative estimate of drug-likeness (QED) is 0.711. The summed E-state index contributed by atoms with van der Waals surface area (Å²) in [6.45, 7) is 5.04. The number of aromatic nitrogens is 2. The van der Waals surface area contributed by atoms with Crippen LogP contribution in [0.3, 0.4) is 0 Å². The lowest BCUT2D eigenvalue weighted by atomic mass is 10.2. The smallest absolute Gasteiger partial charge is 0.347 e. The molecule has 1 N–H and O–H groups in total. The molecule has 0 aliphatic heterocycles. The molecule has 1 atom stereocenters. The number of aliphatic hydroxyl groups is 1. The summed E-state index contributed by atoms with van der Waals surface area (Å²) in [5.74, 6) is 0.306. The number of carbonyl (C=O) groups is 1. The van der Waals surface area contributed by atoms with Gasteiger partial charge in [0.15, 0.2) is 11.9 Å². The molecule has 0 radical (unpaired) electrons. The summed E-state index contributed by atoms with van der Waals surface area (Å²) >= 11 is 12.4. The van der Waals surface area contributed by atoms with E-state index in [1.807, 2.05) is 0 Å². The van der Waals surface area contributed by atoms with Crippen LogP contribution in [-0.4, -0.2) is 33.6 Å². The van der Waals surface area contributed by atoms with Gasteiger partial charge in [-0.25, -0.2) is 9.48 Å². The van der Waals surface area contributed by atoms with E-state index in [2.05, 4.69) is 5.10 Å². The second-order valence-corrected chi connectivity index (χ2v) is 6.29. The van der Waals surface area contributed by atoms with Crippen molar-refractivity contribution in [3.05, 3.63) is 33.4 Å². The molecule has 1 aromatic heterocycles. The van der Waals surface area contributed by atoms with Crippen molar-refractivity contribution in [2.24, 2.45) is 7.05 Å². The highest BCUT2D eigenvalue weighted by molar-refractivity contribution is 6.36. The SMILES string of the molecule is CCOC(=O)C(C)Oc1cc(Oc2c(CO)c(C)nn2C)c(Cl)cc1Cl. The molecule has 7 nitrogen and oxygen atoms in total. The van der Waals surface area contributed by atoms with E-state index in [0.29, 0.717) is 17.1 Å². The maximum absolute atomic E-state index is 11.7. The molecule has 9 heteroatoms. The summed E-state index contributed by atoms with van der Waals surface area (Å²) in [6.07, 6.45) is -0.853. The number of halogens is 2. The largest absolute Gasteiger partial charge is 0.477 e. The van der Waals surface area contributed by atoms with E-state index in [-0.39, 0.29) is 34.8 Å². The fourth-order valence-corrected chi connectivity index (χ4v) is 2.74. The second kappa shape index (κ2) is 8.62. The van der Waals surface area contributed by atoms with Gasteiger partial charge in [-0.1, -0.05) is 23.2 Å². The highest BCUT2D eigenvalue weighted by atomic mass is 35.5. The van der Waals surface area contributed by atoms with E-state index in [4.69, 9.17) is 37.4 Å². The number of esters is 1. The number of nitrogens with zero attached hydrogens (tertiary/aromatic N) is 2. The number of carbonyl (C=O) groups excluding carboxylic acids is 1. The zero-order chi connectivity index (χ0) is 19.4. The molecule has 0 aliphatic carbocycles. The first-order valence-corrected chi connectivity index (χ1v) is 8.67. The zero-order valence-corrected chi connectivity index (χ0v) is 16.4. The highest BCUT2D eigenvalue weighted by Crippen LogP contribution is 2.39. The lowest BCUT2D eigenvalue weighted by Gasteiger charge is -2.16. The Morgan fingerprint density at radius 1 is 1.31 bits per heavy atom. The molecule has 1 heterocycles. The molecular formula is C17H20Cl2N2O5. The van der Waals surface area contributed by atoms with E-state index < -0.39 is 12.1 Å². The summed E-state index contributed by atoms with van der Waals surface area (Å²) in [4.78, 5) is 11.7. The number of hydrogen-bond donors (Lipinski definition) is 1. The van der Waals surface area contributed by atoms with Crippen LogP contribution in [0, 0.1) is 6.92 Å². The van der Waals surface area contributed by atoms with Gasteiger partial charge >= 0.3 is 5.97 Å². The molecule has 0 saturated heterocycles. The fraction of sp³-hybridized carbons (Fsp3) is 0.412. The fourth-order valence-electron chi connectivity index (χ4n) is 2.27. The molecule has 0 aliphatic rings. The van der Waals surface area contributed by atoms with Gasteiger partial charge in [-0.15, -0.1) is 0 Å². The molecule has 0 bridgehead atoms. The molecular weight excluding hydrogens is 383 g/mol. The van der Waals surface area contributed by atoms with Gasteiger partial charge in [-0.05, 0) is 26.8 Å².